The van der Waals surface area contributed by atoms with E-state index in [0.29, 0.717) is 28.9 Å². The van der Waals surface area contributed by atoms with Gasteiger partial charge in [-0.3, -0.25) is 14.2 Å². The standard InChI is InChI=1S/C24H31ClN4O2/c1-2-3-4-5-22-26-20(17-6-8-19(25)9-7-17)14-24(31)29(22)16-23(30)27-21-15-28-12-10-18(21)11-13-28/h6-9,14,18,21H,2-5,10-13,15-16H2,1H3,(H,27,30). The minimum atomic E-state index is -0.185. The number of unbranched alkanes of at least 4 members (excludes halogenated alkanes) is 2. The molecule has 1 aromatic carbocycles. The summed E-state index contributed by atoms with van der Waals surface area (Å²) in [6.07, 6.45) is 6.05. The first-order valence-electron chi connectivity index (χ1n) is 11.4. The van der Waals surface area contributed by atoms with Crippen LogP contribution in [0.15, 0.2) is 35.1 Å². The van der Waals surface area contributed by atoms with Crippen LogP contribution in [0.1, 0.15) is 44.9 Å². The Morgan fingerprint density at radius 2 is 1.94 bits per heavy atom. The summed E-state index contributed by atoms with van der Waals surface area (Å²) in [5.74, 6) is 1.13. The number of hydrogen-bond donors (Lipinski definition) is 1. The predicted octanol–water partition coefficient (Wildman–Crippen LogP) is 3.51. The predicted molar refractivity (Wildman–Crippen MR) is 123 cm³/mol. The normalized spacial score (nSPS) is 22.5. The molecule has 3 fully saturated rings. The van der Waals surface area contributed by atoms with Gasteiger partial charge in [0.2, 0.25) is 5.91 Å². The fourth-order valence-corrected chi connectivity index (χ4v) is 4.87. The number of aryl methyl sites for hydroxylation is 1. The van der Waals surface area contributed by atoms with Crippen molar-refractivity contribution in [1.82, 2.24) is 19.8 Å². The number of hydrogen-bond acceptors (Lipinski definition) is 4. The molecule has 1 unspecified atom stereocenters. The lowest BCUT2D eigenvalue weighted by atomic mass is 9.84. The molecular formula is C24H31ClN4O2. The summed E-state index contributed by atoms with van der Waals surface area (Å²) in [7, 11) is 0. The van der Waals surface area contributed by atoms with Crippen LogP contribution in [0, 0.1) is 5.92 Å². The Balaban J connectivity index is 1.54. The van der Waals surface area contributed by atoms with E-state index in [2.05, 4.69) is 17.1 Å². The number of nitrogens with zero attached hydrogens (tertiary/aromatic N) is 3. The van der Waals surface area contributed by atoms with Crippen LogP contribution in [0.3, 0.4) is 0 Å². The number of aromatic nitrogens is 2. The first-order valence-corrected chi connectivity index (χ1v) is 11.8. The molecule has 3 saturated heterocycles. The Kier molecular flexibility index (Phi) is 7.08. The molecule has 2 aromatic rings. The van der Waals surface area contributed by atoms with E-state index in [1.54, 1.807) is 16.7 Å². The number of amides is 1. The van der Waals surface area contributed by atoms with Gasteiger partial charge in [-0.25, -0.2) is 4.98 Å². The first-order chi connectivity index (χ1) is 15.0. The van der Waals surface area contributed by atoms with Crippen LogP contribution in [0.25, 0.3) is 11.3 Å². The van der Waals surface area contributed by atoms with Gasteiger partial charge in [0.15, 0.2) is 0 Å². The number of carbonyl (C=O) groups is 1. The second-order valence-electron chi connectivity index (χ2n) is 8.76. The van der Waals surface area contributed by atoms with E-state index in [1.807, 2.05) is 12.1 Å². The maximum Gasteiger partial charge on any atom is 0.254 e. The molecule has 0 saturated carbocycles. The molecule has 4 heterocycles. The van der Waals surface area contributed by atoms with Gasteiger partial charge in [0.05, 0.1) is 5.69 Å². The Hall–Kier alpha value is -2.18. The molecule has 3 aliphatic heterocycles. The fraction of sp³-hybridized carbons (Fsp3) is 0.542. The van der Waals surface area contributed by atoms with Gasteiger partial charge in [0.25, 0.3) is 5.56 Å². The van der Waals surface area contributed by atoms with Gasteiger partial charge in [-0.2, -0.15) is 0 Å². The molecule has 31 heavy (non-hydrogen) atoms. The number of halogens is 1. The van der Waals surface area contributed by atoms with Gasteiger partial charge in [0.1, 0.15) is 12.4 Å². The number of rotatable bonds is 8. The molecule has 0 aliphatic carbocycles. The highest BCUT2D eigenvalue weighted by atomic mass is 35.5. The molecule has 6 nitrogen and oxygen atoms in total. The number of carbonyl (C=O) groups excluding carboxylic acids is 1. The van der Waals surface area contributed by atoms with E-state index in [-0.39, 0.29) is 24.1 Å². The van der Waals surface area contributed by atoms with Crippen LogP contribution in [0.4, 0.5) is 0 Å². The minimum Gasteiger partial charge on any atom is -0.350 e. The van der Waals surface area contributed by atoms with Crippen LogP contribution in [-0.2, 0) is 17.8 Å². The monoisotopic (exact) mass is 442 g/mol. The van der Waals surface area contributed by atoms with Gasteiger partial charge in [-0.1, -0.05) is 43.5 Å². The number of fused-ring (bicyclic) bond motifs is 3. The largest absolute Gasteiger partial charge is 0.350 e. The van der Waals surface area contributed by atoms with Crippen LogP contribution in [0.2, 0.25) is 5.02 Å². The molecule has 0 radical (unpaired) electrons. The van der Waals surface area contributed by atoms with Crippen molar-refractivity contribution in [3.05, 3.63) is 51.5 Å². The summed E-state index contributed by atoms with van der Waals surface area (Å²) in [5.41, 5.74) is 1.29. The van der Waals surface area contributed by atoms with Gasteiger partial charge in [-0.15, -0.1) is 0 Å². The minimum absolute atomic E-state index is 0.0252. The van der Waals surface area contributed by atoms with Crippen LogP contribution in [0.5, 0.6) is 0 Å². The summed E-state index contributed by atoms with van der Waals surface area (Å²) < 4.78 is 1.55. The molecule has 1 atom stereocenters. The zero-order chi connectivity index (χ0) is 21.8. The third-order valence-electron chi connectivity index (χ3n) is 6.54. The lowest BCUT2D eigenvalue weighted by Crippen LogP contribution is -2.57. The molecule has 1 amide bonds. The Morgan fingerprint density at radius 3 is 2.58 bits per heavy atom. The molecular weight excluding hydrogens is 412 g/mol. The van der Waals surface area contributed by atoms with Gasteiger partial charge < -0.3 is 10.2 Å². The Labute approximate surface area is 188 Å². The molecule has 0 spiro atoms. The average molecular weight is 443 g/mol. The van der Waals surface area contributed by atoms with Crippen molar-refractivity contribution < 1.29 is 4.79 Å². The SMILES string of the molecule is CCCCCc1nc(-c2ccc(Cl)cc2)cc(=O)n1CC(=O)NC1CN2CCC1CC2. The van der Waals surface area contributed by atoms with E-state index in [4.69, 9.17) is 16.6 Å². The summed E-state index contributed by atoms with van der Waals surface area (Å²) in [6.45, 7) is 5.36. The first kappa shape index (κ1) is 22.0. The Morgan fingerprint density at radius 1 is 1.19 bits per heavy atom. The zero-order valence-corrected chi connectivity index (χ0v) is 18.9. The topological polar surface area (TPSA) is 67.2 Å². The van der Waals surface area contributed by atoms with Crippen molar-refractivity contribution in [1.29, 1.82) is 0 Å². The van der Waals surface area contributed by atoms with Gasteiger partial charge in [0, 0.05) is 35.7 Å². The molecule has 1 aromatic heterocycles. The molecule has 3 aliphatic rings. The third kappa shape index (κ3) is 5.36. The van der Waals surface area contributed by atoms with Crippen molar-refractivity contribution in [2.45, 2.75) is 58.0 Å². The molecule has 7 heteroatoms. The maximum atomic E-state index is 13.0. The van der Waals surface area contributed by atoms with Crippen molar-refractivity contribution >= 4 is 17.5 Å². The zero-order valence-electron chi connectivity index (χ0n) is 18.1. The second-order valence-corrected chi connectivity index (χ2v) is 9.19. The fourth-order valence-electron chi connectivity index (χ4n) is 4.74. The highest BCUT2D eigenvalue weighted by molar-refractivity contribution is 6.30. The van der Waals surface area contributed by atoms with E-state index >= 15 is 0 Å². The molecule has 166 valence electrons. The third-order valence-corrected chi connectivity index (χ3v) is 6.79. The van der Waals surface area contributed by atoms with Gasteiger partial charge in [-0.05, 0) is 50.4 Å². The lowest BCUT2D eigenvalue weighted by Gasteiger charge is -2.44. The van der Waals surface area contributed by atoms with E-state index < -0.39 is 0 Å². The number of nitrogens with one attached hydrogen (secondary N) is 1. The van der Waals surface area contributed by atoms with E-state index in [1.165, 1.54) is 6.07 Å². The smallest absolute Gasteiger partial charge is 0.254 e. The highest BCUT2D eigenvalue weighted by Crippen LogP contribution is 2.27. The molecule has 1 N–H and O–H groups in total. The summed E-state index contributed by atoms with van der Waals surface area (Å²) >= 11 is 6.00. The Bertz CT molecular complexity index is 965. The highest BCUT2D eigenvalue weighted by Gasteiger charge is 2.34. The van der Waals surface area contributed by atoms with E-state index in [9.17, 15) is 9.59 Å². The summed E-state index contributed by atoms with van der Waals surface area (Å²) in [5, 5.41) is 3.83. The van der Waals surface area contributed by atoms with Crippen molar-refractivity contribution in [3.63, 3.8) is 0 Å². The lowest BCUT2D eigenvalue weighted by molar-refractivity contribution is -0.123. The van der Waals surface area contributed by atoms with E-state index in [0.717, 1.165) is 57.3 Å². The second kappa shape index (κ2) is 9.96. The summed E-state index contributed by atoms with van der Waals surface area (Å²) in [6, 6.07) is 9.03. The van der Waals surface area contributed by atoms with Crippen molar-refractivity contribution in [2.24, 2.45) is 5.92 Å². The molecule has 2 bridgehead atoms. The van der Waals surface area contributed by atoms with Crippen molar-refractivity contribution in [2.75, 3.05) is 19.6 Å². The van der Waals surface area contributed by atoms with Crippen LogP contribution >= 0.6 is 11.6 Å². The number of benzene rings is 1. The quantitative estimate of drug-likeness (QED) is 0.635. The van der Waals surface area contributed by atoms with Gasteiger partial charge >= 0.3 is 0 Å². The van der Waals surface area contributed by atoms with Crippen LogP contribution < -0.4 is 10.9 Å². The maximum absolute atomic E-state index is 13.0. The van der Waals surface area contributed by atoms with Crippen LogP contribution in [-0.4, -0.2) is 46.0 Å². The van der Waals surface area contributed by atoms with Crippen molar-refractivity contribution in [3.8, 4) is 11.3 Å². The number of piperidine rings is 3. The molecule has 5 rings (SSSR count). The average Bonchev–Trinajstić information content (AvgIpc) is 2.77. The summed E-state index contributed by atoms with van der Waals surface area (Å²) in [4.78, 5) is 33.0.